The molecule has 18 heteroatoms. The van der Waals surface area contributed by atoms with E-state index in [0.29, 0.717) is 11.5 Å². The standard InChI is InChI=1S/C49H67N8O8PSi/c1-33(2)57(34(3)4)66(62-29-17-28-50)64-42-40(30-61-49(35-18-15-14-16-19-35,36-20-24-38(59-10)25-21-36)37-22-26-39(60-11)27-23-37)63-46(43(42)65-67(12,13)48(5,6)7)56-32-51-41-44(56)53-47(54-45(41)58)52-31-55(8)9/h14-16,18-27,31-34,40,42-43,46H,17,29-30H2,1-13H3,(H,53,54,58)/b52-31+/t40-,42?,43+,46-,66?/m1/s1. The van der Waals surface area contributed by atoms with Crippen LogP contribution in [0.1, 0.15) is 77.8 Å². The lowest BCUT2D eigenvalue weighted by atomic mass is 9.80. The molecular formula is C49H67N8O8PSi. The molecular weight excluding hydrogens is 888 g/mol. The number of imidazole rings is 1. The fraction of sp³-hybridized carbons (Fsp3) is 0.490. The van der Waals surface area contributed by atoms with Crippen LogP contribution in [0.4, 0.5) is 5.95 Å². The van der Waals surface area contributed by atoms with Gasteiger partial charge in [0, 0.05) is 26.2 Å². The third-order valence-electron chi connectivity index (χ3n) is 12.1. The van der Waals surface area contributed by atoms with Crippen LogP contribution >= 0.6 is 8.53 Å². The van der Waals surface area contributed by atoms with E-state index < -0.39 is 52.5 Å². The van der Waals surface area contributed by atoms with Crippen LogP contribution in [0.2, 0.25) is 18.1 Å². The van der Waals surface area contributed by atoms with Gasteiger partial charge in [0.1, 0.15) is 35.4 Å². The summed E-state index contributed by atoms with van der Waals surface area (Å²) >= 11 is 0. The van der Waals surface area contributed by atoms with Gasteiger partial charge in [-0.15, -0.1) is 0 Å². The maximum absolute atomic E-state index is 13.6. The van der Waals surface area contributed by atoms with Gasteiger partial charge in [-0.2, -0.15) is 10.2 Å². The van der Waals surface area contributed by atoms with E-state index in [1.807, 2.05) is 93.0 Å². The highest BCUT2D eigenvalue weighted by Gasteiger charge is 2.54. The number of nitrogens with zero attached hydrogens (tertiary/aromatic N) is 7. The fourth-order valence-electron chi connectivity index (χ4n) is 7.85. The molecule has 1 saturated heterocycles. The normalized spacial score (nSPS) is 18.6. The molecule has 360 valence electrons. The van der Waals surface area contributed by atoms with Crippen molar-refractivity contribution in [2.45, 2.75) is 115 Å². The summed E-state index contributed by atoms with van der Waals surface area (Å²) in [5, 5.41) is 9.39. The maximum atomic E-state index is 13.6. The Morgan fingerprint density at radius 1 is 0.925 bits per heavy atom. The van der Waals surface area contributed by atoms with Crippen LogP contribution in [0.5, 0.6) is 11.5 Å². The summed E-state index contributed by atoms with van der Waals surface area (Å²) in [5.74, 6) is 1.49. The van der Waals surface area contributed by atoms with Crippen LogP contribution < -0.4 is 15.0 Å². The van der Waals surface area contributed by atoms with Gasteiger partial charge in [-0.05, 0) is 86.8 Å². The summed E-state index contributed by atoms with van der Waals surface area (Å²) in [7, 11) is 2.45. The molecule has 0 bridgehead atoms. The van der Waals surface area contributed by atoms with Gasteiger partial charge in [-0.3, -0.25) is 14.3 Å². The number of ether oxygens (including phenoxy) is 4. The summed E-state index contributed by atoms with van der Waals surface area (Å²) in [6, 6.07) is 28.0. The largest absolute Gasteiger partial charge is 0.497 e. The third kappa shape index (κ3) is 11.5. The molecule has 1 aliphatic rings. The smallest absolute Gasteiger partial charge is 0.280 e. The number of methoxy groups -OCH3 is 2. The average molecular weight is 955 g/mol. The fourth-order valence-corrected chi connectivity index (χ4v) is 10.9. The van der Waals surface area contributed by atoms with Crippen molar-refractivity contribution < 1.29 is 32.4 Å². The van der Waals surface area contributed by atoms with E-state index in [-0.39, 0.29) is 53.9 Å². The lowest BCUT2D eigenvalue weighted by Crippen LogP contribution is -2.50. The second-order valence-corrected chi connectivity index (χ2v) is 24.9. The minimum Gasteiger partial charge on any atom is -0.497 e. The number of rotatable bonds is 21. The number of nitriles is 1. The highest BCUT2D eigenvalue weighted by molar-refractivity contribution is 7.44. The van der Waals surface area contributed by atoms with Crippen molar-refractivity contribution in [3.05, 3.63) is 112 Å². The third-order valence-corrected chi connectivity index (χ3v) is 18.7. The van der Waals surface area contributed by atoms with Crippen LogP contribution in [-0.2, 0) is 28.5 Å². The Balaban J connectivity index is 1.59. The number of aromatic amines is 1. The van der Waals surface area contributed by atoms with Gasteiger partial charge in [-0.25, -0.2) is 14.6 Å². The second-order valence-electron chi connectivity index (χ2n) is 18.8. The quantitative estimate of drug-likeness (QED) is 0.0185. The van der Waals surface area contributed by atoms with E-state index in [0.717, 1.165) is 16.7 Å². The maximum Gasteiger partial charge on any atom is 0.280 e. The van der Waals surface area contributed by atoms with E-state index in [2.05, 4.69) is 87.3 Å². The molecule has 2 unspecified atom stereocenters. The molecule has 5 aromatic rings. The lowest BCUT2D eigenvalue weighted by Gasteiger charge is -2.42. The molecule has 1 fully saturated rings. The van der Waals surface area contributed by atoms with Gasteiger partial charge in [0.05, 0.1) is 52.6 Å². The van der Waals surface area contributed by atoms with Crippen molar-refractivity contribution in [1.82, 2.24) is 29.1 Å². The minimum absolute atomic E-state index is 0.00584. The first kappa shape index (κ1) is 51.4. The topological polar surface area (TPSA) is 171 Å². The number of aliphatic imine (C=N–C) groups is 1. The van der Waals surface area contributed by atoms with Crippen molar-refractivity contribution in [2.75, 3.05) is 41.5 Å². The lowest BCUT2D eigenvalue weighted by molar-refractivity contribution is -0.0926. The molecule has 3 heterocycles. The zero-order chi connectivity index (χ0) is 48.7. The van der Waals surface area contributed by atoms with Gasteiger partial charge < -0.3 is 37.3 Å². The Hall–Kier alpha value is -5.02. The van der Waals surface area contributed by atoms with Crippen LogP contribution in [0.25, 0.3) is 11.2 Å². The van der Waals surface area contributed by atoms with Crippen molar-refractivity contribution in [3.63, 3.8) is 0 Å². The van der Waals surface area contributed by atoms with Gasteiger partial charge in [-0.1, -0.05) is 75.4 Å². The Morgan fingerprint density at radius 2 is 1.51 bits per heavy atom. The minimum atomic E-state index is -2.66. The van der Waals surface area contributed by atoms with Crippen molar-refractivity contribution in [1.29, 1.82) is 5.26 Å². The Labute approximate surface area is 397 Å². The number of hydrogen-bond donors (Lipinski definition) is 1. The number of nitrogens with one attached hydrogen (secondary N) is 1. The first-order valence-corrected chi connectivity index (χ1v) is 26.6. The molecule has 6 rings (SSSR count). The zero-order valence-electron chi connectivity index (χ0n) is 41.1. The molecule has 1 aliphatic heterocycles. The van der Waals surface area contributed by atoms with E-state index in [1.54, 1.807) is 36.4 Å². The SMILES string of the molecule is COc1ccc(C(OC[C@H]2O[C@@H](n3cnc4c(=O)[nH]c(/N=C/N(C)C)nc43)[C@@H](O[Si](C)(C)C(C)(C)C)C2OP(OCCC#N)N(C(C)C)C(C)C)(c2ccccc2)c2ccc(OC)cc2)cc1. The number of hydrogen-bond acceptors (Lipinski definition) is 13. The van der Waals surface area contributed by atoms with Crippen LogP contribution in [0.15, 0.2) is 95.0 Å². The van der Waals surface area contributed by atoms with Crippen LogP contribution in [0.3, 0.4) is 0 Å². The van der Waals surface area contributed by atoms with Crippen molar-refractivity contribution in [2.24, 2.45) is 4.99 Å². The monoisotopic (exact) mass is 954 g/mol. The van der Waals surface area contributed by atoms with Crippen LogP contribution in [0, 0.1) is 11.3 Å². The summed E-state index contributed by atoms with van der Waals surface area (Å²) in [6.07, 6.45) is -0.0900. The molecule has 1 N–H and O–H groups in total. The van der Waals surface area contributed by atoms with Gasteiger partial charge >= 0.3 is 0 Å². The average Bonchev–Trinajstić information content (AvgIpc) is 3.86. The molecule has 5 atom stereocenters. The van der Waals surface area contributed by atoms with E-state index in [1.165, 1.54) is 0 Å². The Morgan fingerprint density at radius 3 is 2.03 bits per heavy atom. The highest BCUT2D eigenvalue weighted by atomic mass is 31.2. The molecule has 0 aliphatic carbocycles. The van der Waals surface area contributed by atoms with Crippen molar-refractivity contribution >= 4 is 40.3 Å². The summed E-state index contributed by atoms with van der Waals surface area (Å²) in [5.41, 5.74) is 1.28. The molecule has 3 aromatic carbocycles. The second kappa shape index (κ2) is 21.9. The molecule has 0 amide bonds. The molecule has 16 nitrogen and oxygen atoms in total. The molecule has 67 heavy (non-hydrogen) atoms. The van der Waals surface area contributed by atoms with Crippen LogP contribution in [-0.4, -0.2) is 116 Å². The van der Waals surface area contributed by atoms with E-state index in [4.69, 9.17) is 37.4 Å². The number of aromatic nitrogens is 4. The predicted molar refractivity (Wildman–Crippen MR) is 264 cm³/mol. The molecule has 2 aromatic heterocycles. The zero-order valence-corrected chi connectivity index (χ0v) is 43.0. The van der Waals surface area contributed by atoms with Gasteiger partial charge in [0.25, 0.3) is 14.1 Å². The van der Waals surface area contributed by atoms with E-state index >= 15 is 0 Å². The molecule has 0 saturated carbocycles. The van der Waals surface area contributed by atoms with Gasteiger partial charge in [0.2, 0.25) is 5.95 Å². The van der Waals surface area contributed by atoms with E-state index in [9.17, 15) is 10.1 Å². The summed E-state index contributed by atoms with van der Waals surface area (Å²) in [4.78, 5) is 31.9. The van der Waals surface area contributed by atoms with Gasteiger partial charge in [0.15, 0.2) is 25.7 Å². The molecule has 0 spiro atoms. The first-order valence-electron chi connectivity index (χ1n) is 22.6. The first-order chi connectivity index (χ1) is 31.8. The predicted octanol–water partition coefficient (Wildman–Crippen LogP) is 9.32. The summed E-state index contributed by atoms with van der Waals surface area (Å²) < 4.78 is 51.4. The number of benzene rings is 3. The molecule has 0 radical (unpaired) electrons. The Kier molecular flexibility index (Phi) is 16.8. The summed E-state index contributed by atoms with van der Waals surface area (Å²) in [6.45, 7) is 19.4. The number of H-pyrrole nitrogens is 1. The van der Waals surface area contributed by atoms with Crippen molar-refractivity contribution in [3.8, 4) is 17.6 Å². The number of fused-ring (bicyclic) bond motifs is 1. The Bertz CT molecular complexity index is 2450. The highest BCUT2D eigenvalue weighted by Crippen LogP contribution is 2.53.